The number of carbonyl (C=O) groups is 1. The van der Waals surface area contributed by atoms with Crippen LogP contribution in [-0.4, -0.2) is 10.8 Å². The molecule has 0 saturated carbocycles. The van der Waals surface area contributed by atoms with Crippen molar-refractivity contribution < 1.29 is 18.0 Å². The van der Waals surface area contributed by atoms with Gasteiger partial charge in [0.15, 0.2) is 5.78 Å². The Labute approximate surface area is 150 Å². The average molecular weight is 392 g/mol. The molecule has 2 nitrogen and oxygen atoms in total. The van der Waals surface area contributed by atoms with Gasteiger partial charge in [-0.25, -0.2) is 0 Å². The lowest BCUT2D eigenvalue weighted by Gasteiger charge is -2.08. The minimum Gasteiger partial charge on any atom is -0.289 e. The minimum atomic E-state index is -4.48. The van der Waals surface area contributed by atoms with Crippen LogP contribution in [0.15, 0.2) is 48.0 Å². The van der Waals surface area contributed by atoms with Gasteiger partial charge in [0, 0.05) is 22.5 Å². The lowest BCUT2D eigenvalue weighted by atomic mass is 10.1. The molecule has 0 radical (unpaired) electrons. The van der Waals surface area contributed by atoms with Gasteiger partial charge in [0.25, 0.3) is 0 Å². The molecule has 0 fully saturated rings. The Hall–Kier alpha value is -1.50. The molecule has 2 rings (SSSR count). The summed E-state index contributed by atoms with van der Waals surface area (Å²) in [4.78, 5) is 15.6. The van der Waals surface area contributed by atoms with Gasteiger partial charge < -0.3 is 0 Å². The monoisotopic (exact) mass is 391 g/mol. The van der Waals surface area contributed by atoms with Crippen LogP contribution in [0, 0.1) is 0 Å². The fourth-order valence-electron chi connectivity index (χ4n) is 1.67. The molecule has 0 spiro atoms. The summed E-state index contributed by atoms with van der Waals surface area (Å²) in [6.07, 6.45) is -2.37. The summed E-state index contributed by atoms with van der Waals surface area (Å²) in [7, 11) is 0. The maximum Gasteiger partial charge on any atom is 0.417 e. The lowest BCUT2D eigenvalue weighted by Crippen LogP contribution is -2.06. The van der Waals surface area contributed by atoms with Crippen molar-refractivity contribution in [2.75, 3.05) is 0 Å². The normalized spacial score (nSPS) is 11.9. The van der Waals surface area contributed by atoms with Gasteiger partial charge in [-0.2, -0.15) is 13.2 Å². The van der Waals surface area contributed by atoms with Gasteiger partial charge >= 0.3 is 6.18 Å². The van der Waals surface area contributed by atoms with Crippen molar-refractivity contribution in [3.05, 3.63) is 74.9 Å². The summed E-state index contributed by atoms with van der Waals surface area (Å²) in [5, 5.41) is 2.02. The predicted molar refractivity (Wildman–Crippen MR) is 90.5 cm³/mol. The number of rotatable bonds is 5. The van der Waals surface area contributed by atoms with Gasteiger partial charge in [-0.3, -0.25) is 9.78 Å². The molecule has 0 amide bonds. The summed E-state index contributed by atoms with van der Waals surface area (Å²) < 4.78 is 37.6. The number of halogens is 5. The van der Waals surface area contributed by atoms with Crippen molar-refractivity contribution in [1.82, 2.24) is 4.98 Å². The topological polar surface area (TPSA) is 30.0 Å². The second-order valence-corrected chi connectivity index (χ2v) is 6.37. The van der Waals surface area contributed by atoms with Crippen LogP contribution in [0.5, 0.6) is 0 Å². The van der Waals surface area contributed by atoms with Gasteiger partial charge in [0.05, 0.1) is 16.3 Å². The molecule has 0 saturated heterocycles. The number of hydrogen-bond acceptors (Lipinski definition) is 3. The lowest BCUT2D eigenvalue weighted by molar-refractivity contribution is -0.137. The van der Waals surface area contributed by atoms with Crippen molar-refractivity contribution in [1.29, 1.82) is 0 Å². The van der Waals surface area contributed by atoms with Gasteiger partial charge in [-0.15, -0.1) is 11.8 Å². The van der Waals surface area contributed by atoms with E-state index < -0.39 is 11.7 Å². The van der Waals surface area contributed by atoms with Gasteiger partial charge in [0.2, 0.25) is 0 Å². The molecular formula is C16H10Cl2F3NOS. The first kappa shape index (κ1) is 18.8. The van der Waals surface area contributed by atoms with Crippen molar-refractivity contribution in [2.24, 2.45) is 0 Å². The van der Waals surface area contributed by atoms with Crippen molar-refractivity contribution >= 4 is 40.7 Å². The van der Waals surface area contributed by atoms with Gasteiger partial charge in [0.1, 0.15) is 0 Å². The van der Waals surface area contributed by atoms with E-state index in [2.05, 4.69) is 4.98 Å². The molecule has 1 heterocycles. The van der Waals surface area contributed by atoms with Crippen LogP contribution in [0.25, 0.3) is 0 Å². The highest BCUT2D eigenvalue weighted by Crippen LogP contribution is 2.31. The maximum absolute atomic E-state index is 12.5. The van der Waals surface area contributed by atoms with Crippen LogP contribution in [0.3, 0.4) is 0 Å². The molecule has 8 heteroatoms. The van der Waals surface area contributed by atoms with Crippen LogP contribution in [0.2, 0.25) is 10.0 Å². The number of hydrogen-bond donors (Lipinski definition) is 0. The quantitative estimate of drug-likeness (QED) is 0.459. The van der Waals surface area contributed by atoms with E-state index in [1.165, 1.54) is 17.8 Å². The number of allylic oxidation sites excluding steroid dienone is 1. The number of alkyl halides is 3. The molecule has 0 N–H and O–H groups in total. The third-order valence-electron chi connectivity index (χ3n) is 2.91. The number of pyridine rings is 1. The van der Waals surface area contributed by atoms with E-state index in [0.29, 0.717) is 16.3 Å². The highest BCUT2D eigenvalue weighted by molar-refractivity contribution is 8.01. The summed E-state index contributed by atoms with van der Waals surface area (Å²) in [6, 6.07) is 7.28. The Morgan fingerprint density at radius 1 is 1.21 bits per heavy atom. The molecule has 1 aromatic carbocycles. The first-order valence-electron chi connectivity index (χ1n) is 6.57. The fraction of sp³-hybridized carbons (Fsp3) is 0.125. The molecule has 1 aromatic heterocycles. The predicted octanol–water partition coefficient (Wildman–Crippen LogP) is 6.04. The Morgan fingerprint density at radius 3 is 2.46 bits per heavy atom. The zero-order valence-electron chi connectivity index (χ0n) is 12.0. The van der Waals surface area contributed by atoms with E-state index in [-0.39, 0.29) is 16.6 Å². The third kappa shape index (κ3) is 5.26. The van der Waals surface area contributed by atoms with Crippen LogP contribution in [-0.2, 0) is 11.9 Å². The summed E-state index contributed by atoms with van der Waals surface area (Å²) >= 11 is 12.8. The standard InChI is InChI=1S/C16H10Cl2F3NOS/c17-12-3-1-10(2-4-12)15(23)5-6-24-9-14-13(18)7-11(8-22-14)16(19,20)21/h1-8H,9H2/b6-5-. The first-order chi connectivity index (χ1) is 11.3. The second-order valence-electron chi connectivity index (χ2n) is 4.64. The van der Waals surface area contributed by atoms with Crippen LogP contribution >= 0.6 is 35.0 Å². The molecule has 126 valence electrons. The van der Waals surface area contributed by atoms with E-state index in [1.54, 1.807) is 29.7 Å². The molecule has 0 bridgehead atoms. The highest BCUT2D eigenvalue weighted by atomic mass is 35.5. The summed E-state index contributed by atoms with van der Waals surface area (Å²) in [5.74, 6) is 0.0482. The number of thioether (sulfide) groups is 1. The van der Waals surface area contributed by atoms with Gasteiger partial charge in [-0.05, 0) is 41.8 Å². The van der Waals surface area contributed by atoms with Crippen molar-refractivity contribution in [3.8, 4) is 0 Å². The smallest absolute Gasteiger partial charge is 0.289 e. The zero-order chi connectivity index (χ0) is 17.7. The van der Waals surface area contributed by atoms with E-state index >= 15 is 0 Å². The Balaban J connectivity index is 1.94. The molecule has 0 unspecified atom stereocenters. The van der Waals surface area contributed by atoms with Crippen LogP contribution in [0.1, 0.15) is 21.6 Å². The van der Waals surface area contributed by atoms with E-state index in [9.17, 15) is 18.0 Å². The largest absolute Gasteiger partial charge is 0.417 e. The van der Waals surface area contributed by atoms with Gasteiger partial charge in [-0.1, -0.05) is 23.2 Å². The van der Waals surface area contributed by atoms with Crippen LogP contribution < -0.4 is 0 Å². The molecular weight excluding hydrogens is 382 g/mol. The van der Waals surface area contributed by atoms with E-state index in [1.807, 2.05) is 0 Å². The summed E-state index contributed by atoms with van der Waals surface area (Å²) in [6.45, 7) is 0. The van der Waals surface area contributed by atoms with Crippen LogP contribution in [0.4, 0.5) is 13.2 Å². The van der Waals surface area contributed by atoms with E-state index in [4.69, 9.17) is 23.2 Å². The third-order valence-corrected chi connectivity index (χ3v) is 4.26. The zero-order valence-corrected chi connectivity index (χ0v) is 14.3. The van der Waals surface area contributed by atoms with E-state index in [0.717, 1.165) is 12.3 Å². The van der Waals surface area contributed by atoms with Crippen molar-refractivity contribution in [3.63, 3.8) is 0 Å². The Morgan fingerprint density at radius 2 is 1.88 bits per heavy atom. The minimum absolute atomic E-state index is 0.0604. The average Bonchev–Trinajstić information content (AvgIpc) is 2.52. The SMILES string of the molecule is O=C(/C=C\SCc1ncc(C(F)(F)F)cc1Cl)c1ccc(Cl)cc1. The number of ketones is 1. The first-order valence-corrected chi connectivity index (χ1v) is 8.37. The molecule has 0 aliphatic rings. The number of benzene rings is 1. The van der Waals surface area contributed by atoms with Crippen molar-refractivity contribution in [2.45, 2.75) is 11.9 Å². The maximum atomic E-state index is 12.5. The molecule has 0 aliphatic heterocycles. The Bertz CT molecular complexity index is 761. The molecule has 0 aliphatic carbocycles. The second kappa shape index (κ2) is 8.05. The molecule has 0 atom stereocenters. The molecule has 24 heavy (non-hydrogen) atoms. The number of aromatic nitrogens is 1. The number of nitrogens with zero attached hydrogens (tertiary/aromatic N) is 1. The fourth-order valence-corrected chi connectivity index (χ4v) is 2.82. The molecule has 2 aromatic rings. The number of carbonyl (C=O) groups excluding carboxylic acids is 1. The highest BCUT2D eigenvalue weighted by Gasteiger charge is 2.31. The summed E-state index contributed by atoms with van der Waals surface area (Å²) in [5.41, 5.74) is -0.0881. The Kier molecular flexibility index (Phi) is 6.32.